The maximum absolute atomic E-state index is 12.0. The van der Waals surface area contributed by atoms with Crippen molar-refractivity contribution in [2.75, 3.05) is 18.7 Å². The Kier molecular flexibility index (Phi) is 5.66. The van der Waals surface area contributed by atoms with Crippen molar-refractivity contribution in [3.8, 4) is 5.88 Å². The SMILES string of the molecule is COc1nc(C)cc(SC)c1NC(=O)OCc1ccccc1. The monoisotopic (exact) mass is 318 g/mol. The lowest BCUT2D eigenvalue weighted by atomic mass is 10.2. The number of hydrogen-bond acceptors (Lipinski definition) is 5. The van der Waals surface area contributed by atoms with Crippen LogP contribution in [-0.2, 0) is 11.3 Å². The molecule has 1 aromatic carbocycles. The van der Waals surface area contributed by atoms with Gasteiger partial charge in [-0.1, -0.05) is 30.3 Å². The molecular formula is C16H18N2O3S. The van der Waals surface area contributed by atoms with Gasteiger partial charge in [-0.25, -0.2) is 9.78 Å². The van der Waals surface area contributed by atoms with Crippen molar-refractivity contribution in [1.82, 2.24) is 4.98 Å². The Hall–Kier alpha value is -2.21. The number of carbonyl (C=O) groups is 1. The number of nitrogens with one attached hydrogen (secondary N) is 1. The Morgan fingerprint density at radius 1 is 1.32 bits per heavy atom. The number of anilines is 1. The number of ether oxygens (including phenoxy) is 2. The highest BCUT2D eigenvalue weighted by Gasteiger charge is 2.15. The second-order valence-corrected chi connectivity index (χ2v) is 5.38. The first-order chi connectivity index (χ1) is 10.6. The average Bonchev–Trinajstić information content (AvgIpc) is 2.55. The number of nitrogens with zero attached hydrogens (tertiary/aromatic N) is 1. The van der Waals surface area contributed by atoms with E-state index in [9.17, 15) is 4.79 Å². The molecule has 0 saturated carbocycles. The molecule has 0 aliphatic carbocycles. The summed E-state index contributed by atoms with van der Waals surface area (Å²) in [6.07, 6.45) is 1.39. The third-order valence-corrected chi connectivity index (χ3v) is 3.69. The van der Waals surface area contributed by atoms with Crippen LogP contribution in [0.25, 0.3) is 0 Å². The van der Waals surface area contributed by atoms with Crippen molar-refractivity contribution >= 4 is 23.5 Å². The summed E-state index contributed by atoms with van der Waals surface area (Å²) in [7, 11) is 1.52. The summed E-state index contributed by atoms with van der Waals surface area (Å²) in [6, 6.07) is 11.4. The maximum atomic E-state index is 12.0. The van der Waals surface area contributed by atoms with Crippen LogP contribution in [0, 0.1) is 6.92 Å². The minimum absolute atomic E-state index is 0.211. The molecule has 5 nitrogen and oxygen atoms in total. The topological polar surface area (TPSA) is 60.5 Å². The van der Waals surface area contributed by atoms with Crippen molar-refractivity contribution in [2.45, 2.75) is 18.4 Å². The first-order valence-electron chi connectivity index (χ1n) is 6.71. The molecule has 116 valence electrons. The van der Waals surface area contributed by atoms with Crippen molar-refractivity contribution in [1.29, 1.82) is 0 Å². The Labute approximate surface area is 134 Å². The Bertz CT molecular complexity index is 622. The van der Waals surface area contributed by atoms with Gasteiger partial charge >= 0.3 is 6.09 Å². The summed E-state index contributed by atoms with van der Waals surface area (Å²) in [5, 5.41) is 2.71. The summed E-state index contributed by atoms with van der Waals surface area (Å²) in [4.78, 5) is 17.1. The molecule has 2 aromatic rings. The number of aromatic nitrogens is 1. The summed E-state index contributed by atoms with van der Waals surface area (Å²) < 4.78 is 10.5. The van der Waals surface area contributed by atoms with E-state index in [2.05, 4.69) is 10.3 Å². The molecule has 6 heteroatoms. The number of pyridine rings is 1. The van der Waals surface area contributed by atoms with E-state index < -0.39 is 6.09 Å². The van der Waals surface area contributed by atoms with Gasteiger partial charge in [0.1, 0.15) is 12.3 Å². The molecule has 0 radical (unpaired) electrons. The van der Waals surface area contributed by atoms with Gasteiger partial charge < -0.3 is 9.47 Å². The van der Waals surface area contributed by atoms with Crippen LogP contribution in [-0.4, -0.2) is 24.4 Å². The van der Waals surface area contributed by atoms with Crippen LogP contribution in [0.1, 0.15) is 11.3 Å². The van der Waals surface area contributed by atoms with Gasteiger partial charge in [0.05, 0.1) is 7.11 Å². The van der Waals surface area contributed by atoms with Crippen LogP contribution in [0.4, 0.5) is 10.5 Å². The number of hydrogen-bond donors (Lipinski definition) is 1. The van der Waals surface area contributed by atoms with E-state index in [4.69, 9.17) is 9.47 Å². The van der Waals surface area contributed by atoms with Crippen LogP contribution in [0.15, 0.2) is 41.3 Å². The molecular weight excluding hydrogens is 300 g/mol. The highest BCUT2D eigenvalue weighted by molar-refractivity contribution is 7.98. The van der Waals surface area contributed by atoms with E-state index >= 15 is 0 Å². The molecule has 0 aliphatic heterocycles. The van der Waals surface area contributed by atoms with Crippen LogP contribution in [0.3, 0.4) is 0 Å². The van der Waals surface area contributed by atoms with Gasteiger partial charge in [0.25, 0.3) is 0 Å². The highest BCUT2D eigenvalue weighted by atomic mass is 32.2. The van der Waals surface area contributed by atoms with Gasteiger partial charge in [-0.3, -0.25) is 5.32 Å². The summed E-state index contributed by atoms with van der Waals surface area (Å²) >= 11 is 1.51. The standard InChI is InChI=1S/C16H18N2O3S/c1-11-9-13(22-3)14(15(17-11)20-2)18-16(19)21-10-12-7-5-4-6-8-12/h4-9H,10H2,1-3H3,(H,18,19). The van der Waals surface area contributed by atoms with Crippen LogP contribution >= 0.6 is 11.8 Å². The van der Waals surface area contributed by atoms with E-state index in [1.54, 1.807) is 0 Å². The van der Waals surface area contributed by atoms with Crippen LogP contribution < -0.4 is 10.1 Å². The minimum atomic E-state index is -0.539. The van der Waals surface area contributed by atoms with Gasteiger partial charge in [0, 0.05) is 10.6 Å². The molecule has 1 amide bonds. The highest BCUT2D eigenvalue weighted by Crippen LogP contribution is 2.33. The normalized spacial score (nSPS) is 10.1. The Morgan fingerprint density at radius 3 is 2.68 bits per heavy atom. The van der Waals surface area contributed by atoms with E-state index in [0.717, 1.165) is 16.2 Å². The predicted octanol–water partition coefficient (Wildman–Crippen LogP) is 3.87. The Morgan fingerprint density at radius 2 is 2.05 bits per heavy atom. The first kappa shape index (κ1) is 16.2. The molecule has 0 unspecified atom stereocenters. The largest absolute Gasteiger partial charge is 0.479 e. The molecule has 0 atom stereocenters. The molecule has 1 heterocycles. The lowest BCUT2D eigenvalue weighted by Crippen LogP contribution is -2.15. The van der Waals surface area contributed by atoms with Crippen molar-refractivity contribution < 1.29 is 14.3 Å². The quantitative estimate of drug-likeness (QED) is 0.848. The molecule has 0 aliphatic rings. The molecule has 1 N–H and O–H groups in total. The van der Waals surface area contributed by atoms with Gasteiger partial charge in [0.15, 0.2) is 0 Å². The average molecular weight is 318 g/mol. The lowest BCUT2D eigenvalue weighted by molar-refractivity contribution is 0.155. The fraction of sp³-hybridized carbons (Fsp3) is 0.250. The number of benzene rings is 1. The predicted molar refractivity (Wildman–Crippen MR) is 87.6 cm³/mol. The van der Waals surface area contributed by atoms with E-state index in [1.807, 2.05) is 49.6 Å². The Balaban J connectivity index is 2.08. The van der Waals surface area contributed by atoms with Crippen molar-refractivity contribution in [3.63, 3.8) is 0 Å². The van der Waals surface area contributed by atoms with Gasteiger partial charge in [0.2, 0.25) is 5.88 Å². The zero-order valence-electron chi connectivity index (χ0n) is 12.8. The van der Waals surface area contributed by atoms with E-state index in [-0.39, 0.29) is 6.61 Å². The fourth-order valence-corrected chi connectivity index (χ4v) is 2.53. The smallest absolute Gasteiger partial charge is 0.412 e. The number of thioether (sulfide) groups is 1. The number of carbonyl (C=O) groups excluding carboxylic acids is 1. The molecule has 0 fully saturated rings. The third kappa shape index (κ3) is 4.14. The second-order valence-electron chi connectivity index (χ2n) is 4.54. The van der Waals surface area contributed by atoms with Crippen LogP contribution in [0.2, 0.25) is 0 Å². The number of rotatable bonds is 5. The fourth-order valence-electron chi connectivity index (χ4n) is 1.90. The summed E-state index contributed by atoms with van der Waals surface area (Å²) in [5.41, 5.74) is 2.28. The number of methoxy groups -OCH3 is 1. The first-order valence-corrected chi connectivity index (χ1v) is 7.94. The number of amides is 1. The van der Waals surface area contributed by atoms with E-state index in [0.29, 0.717) is 11.6 Å². The van der Waals surface area contributed by atoms with Gasteiger partial charge in [-0.15, -0.1) is 11.8 Å². The third-order valence-electron chi connectivity index (χ3n) is 2.93. The molecule has 0 spiro atoms. The molecule has 2 rings (SSSR count). The maximum Gasteiger partial charge on any atom is 0.412 e. The van der Waals surface area contributed by atoms with Crippen molar-refractivity contribution in [3.05, 3.63) is 47.7 Å². The molecule has 0 saturated heterocycles. The zero-order chi connectivity index (χ0) is 15.9. The number of aryl methyl sites for hydroxylation is 1. The van der Waals surface area contributed by atoms with E-state index in [1.165, 1.54) is 18.9 Å². The van der Waals surface area contributed by atoms with Crippen molar-refractivity contribution in [2.24, 2.45) is 0 Å². The summed E-state index contributed by atoms with van der Waals surface area (Å²) in [5.74, 6) is 0.376. The zero-order valence-corrected chi connectivity index (χ0v) is 13.6. The molecule has 0 bridgehead atoms. The van der Waals surface area contributed by atoms with Gasteiger partial charge in [-0.2, -0.15) is 0 Å². The van der Waals surface area contributed by atoms with Gasteiger partial charge in [-0.05, 0) is 24.8 Å². The summed E-state index contributed by atoms with van der Waals surface area (Å²) in [6.45, 7) is 2.09. The molecule has 1 aromatic heterocycles. The minimum Gasteiger partial charge on any atom is -0.479 e. The van der Waals surface area contributed by atoms with Crippen LogP contribution in [0.5, 0.6) is 5.88 Å². The lowest BCUT2D eigenvalue weighted by Gasteiger charge is -2.14. The molecule has 22 heavy (non-hydrogen) atoms. The second kappa shape index (κ2) is 7.70.